The van der Waals surface area contributed by atoms with Crippen LogP contribution in [0, 0.1) is 0 Å². The molecule has 2 aromatic carbocycles. The maximum Gasteiger partial charge on any atom is 0.261 e. The summed E-state index contributed by atoms with van der Waals surface area (Å²) in [6.45, 7) is 0.316. The molecule has 1 atom stereocenters. The second kappa shape index (κ2) is 8.19. The highest BCUT2D eigenvalue weighted by Gasteiger charge is 2.34. The lowest BCUT2D eigenvalue weighted by Crippen LogP contribution is -2.33. The first kappa shape index (κ1) is 18.7. The summed E-state index contributed by atoms with van der Waals surface area (Å²) in [7, 11) is 0. The molecule has 0 radical (unpaired) electrons. The number of aryl methyl sites for hydroxylation is 1. The summed E-state index contributed by atoms with van der Waals surface area (Å²) in [4.78, 5) is 38.3. The Kier molecular flexibility index (Phi) is 5.48. The monoisotopic (exact) mass is 394 g/mol. The second-order valence-electron chi connectivity index (χ2n) is 7.07. The maximum atomic E-state index is 12.3. The lowest BCUT2D eigenvalue weighted by Gasteiger charge is -2.26. The van der Waals surface area contributed by atoms with Crippen LogP contribution in [0.4, 0.5) is 0 Å². The quantitative estimate of drug-likeness (QED) is 0.604. The van der Waals surface area contributed by atoms with E-state index in [1.54, 1.807) is 24.3 Å². The number of thioether (sulfide) groups is 1. The minimum absolute atomic E-state index is 0.00550. The second-order valence-corrected chi connectivity index (χ2v) is 8.18. The fourth-order valence-electron chi connectivity index (χ4n) is 3.90. The van der Waals surface area contributed by atoms with Crippen LogP contribution in [0.3, 0.4) is 0 Å². The van der Waals surface area contributed by atoms with Crippen molar-refractivity contribution in [3.05, 3.63) is 70.8 Å². The number of amides is 3. The zero-order chi connectivity index (χ0) is 19.5. The molecule has 1 heterocycles. The Morgan fingerprint density at radius 1 is 1.04 bits per heavy atom. The Balaban J connectivity index is 1.25. The van der Waals surface area contributed by atoms with Crippen molar-refractivity contribution in [3.63, 3.8) is 0 Å². The maximum absolute atomic E-state index is 12.3. The van der Waals surface area contributed by atoms with Gasteiger partial charge in [-0.2, -0.15) is 11.8 Å². The Morgan fingerprint density at radius 3 is 2.46 bits per heavy atom. The molecule has 5 nitrogen and oxygen atoms in total. The molecule has 1 aliphatic heterocycles. The molecule has 3 amide bonds. The Morgan fingerprint density at radius 2 is 1.71 bits per heavy atom. The molecular weight excluding hydrogens is 372 g/mol. The molecular formula is C22H22N2O3S. The molecule has 0 fully saturated rings. The van der Waals surface area contributed by atoms with Crippen molar-refractivity contribution in [1.82, 2.24) is 10.2 Å². The van der Waals surface area contributed by atoms with E-state index in [0.717, 1.165) is 19.3 Å². The number of fused-ring (bicyclic) bond motifs is 2. The molecule has 144 valence electrons. The number of hydrogen-bond donors (Lipinski definition) is 1. The van der Waals surface area contributed by atoms with E-state index >= 15 is 0 Å². The first-order valence-corrected chi connectivity index (χ1v) is 10.7. The highest BCUT2D eigenvalue weighted by Crippen LogP contribution is 2.29. The van der Waals surface area contributed by atoms with Crippen LogP contribution in [0.5, 0.6) is 0 Å². The van der Waals surface area contributed by atoms with E-state index in [4.69, 9.17) is 0 Å². The standard InChI is InChI=1S/C22H22N2O3S/c25-20(23-19-11-5-7-15-6-1-2-8-16(15)19)14-28-13-12-24-21(26)17-9-3-4-10-18(17)22(24)27/h1-4,6,8-10,19H,5,7,11-14H2,(H,23,25). The van der Waals surface area contributed by atoms with Gasteiger partial charge < -0.3 is 5.32 Å². The molecule has 4 rings (SSSR count). The molecule has 1 aliphatic carbocycles. The number of imide groups is 1. The van der Waals surface area contributed by atoms with Crippen molar-refractivity contribution < 1.29 is 14.4 Å². The predicted octanol–water partition coefficient (Wildman–Crippen LogP) is 3.21. The highest BCUT2D eigenvalue weighted by atomic mass is 32.2. The van der Waals surface area contributed by atoms with Gasteiger partial charge in [-0.1, -0.05) is 36.4 Å². The number of rotatable bonds is 6. The van der Waals surface area contributed by atoms with Crippen LogP contribution < -0.4 is 5.32 Å². The topological polar surface area (TPSA) is 66.5 Å². The lowest BCUT2D eigenvalue weighted by molar-refractivity contribution is -0.119. The normalized spacial score (nSPS) is 18.0. The van der Waals surface area contributed by atoms with Gasteiger partial charge in [0.2, 0.25) is 5.91 Å². The molecule has 0 saturated heterocycles. The molecule has 1 N–H and O–H groups in total. The van der Waals surface area contributed by atoms with Crippen LogP contribution in [0.2, 0.25) is 0 Å². The summed E-state index contributed by atoms with van der Waals surface area (Å²) in [5.74, 6) is 0.366. The molecule has 0 aromatic heterocycles. The Bertz CT molecular complexity index is 893. The van der Waals surface area contributed by atoms with Gasteiger partial charge >= 0.3 is 0 Å². The van der Waals surface area contributed by atoms with Crippen molar-refractivity contribution in [2.75, 3.05) is 18.1 Å². The smallest absolute Gasteiger partial charge is 0.261 e. The number of hydrogen-bond acceptors (Lipinski definition) is 4. The molecule has 28 heavy (non-hydrogen) atoms. The van der Waals surface area contributed by atoms with Gasteiger partial charge in [-0.25, -0.2) is 0 Å². The molecule has 1 unspecified atom stereocenters. The zero-order valence-electron chi connectivity index (χ0n) is 15.5. The summed E-state index contributed by atoms with van der Waals surface area (Å²) in [5.41, 5.74) is 3.47. The van der Waals surface area contributed by atoms with Gasteiger partial charge in [-0.15, -0.1) is 0 Å². The van der Waals surface area contributed by atoms with Gasteiger partial charge in [0.15, 0.2) is 0 Å². The van der Waals surface area contributed by atoms with E-state index in [2.05, 4.69) is 17.4 Å². The third-order valence-electron chi connectivity index (χ3n) is 5.28. The van der Waals surface area contributed by atoms with Gasteiger partial charge in [0.1, 0.15) is 0 Å². The van der Waals surface area contributed by atoms with Gasteiger partial charge in [-0.3, -0.25) is 19.3 Å². The first-order valence-electron chi connectivity index (χ1n) is 9.55. The number of carbonyl (C=O) groups is 3. The van der Waals surface area contributed by atoms with Crippen molar-refractivity contribution in [3.8, 4) is 0 Å². The van der Waals surface area contributed by atoms with E-state index in [1.807, 2.05) is 12.1 Å². The van der Waals surface area contributed by atoms with Crippen LogP contribution in [-0.2, 0) is 11.2 Å². The number of nitrogens with one attached hydrogen (secondary N) is 1. The van der Waals surface area contributed by atoms with Gasteiger partial charge in [0.05, 0.1) is 22.9 Å². The largest absolute Gasteiger partial charge is 0.349 e. The number of benzene rings is 2. The fourth-order valence-corrected chi connectivity index (χ4v) is 4.63. The van der Waals surface area contributed by atoms with E-state index in [0.29, 0.717) is 29.2 Å². The molecule has 0 bridgehead atoms. The van der Waals surface area contributed by atoms with Gasteiger partial charge in [0, 0.05) is 12.3 Å². The Hall–Kier alpha value is -2.60. The van der Waals surface area contributed by atoms with E-state index in [-0.39, 0.29) is 23.8 Å². The van der Waals surface area contributed by atoms with Crippen LogP contribution in [0.15, 0.2) is 48.5 Å². The summed E-state index contributed by atoms with van der Waals surface area (Å²) < 4.78 is 0. The average Bonchev–Trinajstić information content (AvgIpc) is 2.96. The summed E-state index contributed by atoms with van der Waals surface area (Å²) in [6, 6.07) is 15.2. The van der Waals surface area contributed by atoms with Crippen molar-refractivity contribution in [1.29, 1.82) is 0 Å². The summed E-state index contributed by atoms with van der Waals surface area (Å²) in [5, 5.41) is 3.13. The van der Waals surface area contributed by atoms with Crippen LogP contribution in [0.1, 0.15) is 50.7 Å². The number of nitrogens with zero attached hydrogens (tertiary/aromatic N) is 1. The SMILES string of the molecule is O=C(CSCCN1C(=O)c2ccccc2C1=O)NC1CCCc2ccccc21. The molecule has 2 aromatic rings. The summed E-state index contributed by atoms with van der Waals surface area (Å²) in [6.07, 6.45) is 3.11. The minimum Gasteiger partial charge on any atom is -0.349 e. The molecule has 0 saturated carbocycles. The molecule has 2 aliphatic rings. The van der Waals surface area contributed by atoms with Crippen molar-refractivity contribution >= 4 is 29.5 Å². The number of carbonyl (C=O) groups excluding carboxylic acids is 3. The van der Waals surface area contributed by atoms with E-state index < -0.39 is 0 Å². The molecule has 6 heteroatoms. The Labute approximate surface area is 168 Å². The van der Waals surface area contributed by atoms with Crippen LogP contribution in [-0.4, -0.2) is 40.7 Å². The molecule has 0 spiro atoms. The average molecular weight is 394 g/mol. The van der Waals surface area contributed by atoms with E-state index in [9.17, 15) is 14.4 Å². The lowest BCUT2D eigenvalue weighted by atomic mass is 9.88. The zero-order valence-corrected chi connectivity index (χ0v) is 16.3. The third-order valence-corrected chi connectivity index (χ3v) is 6.21. The first-order chi connectivity index (χ1) is 13.6. The van der Waals surface area contributed by atoms with Gasteiger partial charge in [0.25, 0.3) is 11.8 Å². The minimum atomic E-state index is -0.246. The predicted molar refractivity (Wildman–Crippen MR) is 109 cm³/mol. The van der Waals surface area contributed by atoms with Gasteiger partial charge in [-0.05, 0) is 42.5 Å². The summed E-state index contributed by atoms with van der Waals surface area (Å²) >= 11 is 1.44. The van der Waals surface area contributed by atoms with Crippen LogP contribution >= 0.6 is 11.8 Å². The van der Waals surface area contributed by atoms with E-state index in [1.165, 1.54) is 27.8 Å². The van der Waals surface area contributed by atoms with Crippen molar-refractivity contribution in [2.24, 2.45) is 0 Å². The van der Waals surface area contributed by atoms with Crippen molar-refractivity contribution in [2.45, 2.75) is 25.3 Å². The van der Waals surface area contributed by atoms with Crippen LogP contribution in [0.25, 0.3) is 0 Å². The third kappa shape index (κ3) is 3.69. The fraction of sp³-hybridized carbons (Fsp3) is 0.318. The highest BCUT2D eigenvalue weighted by molar-refractivity contribution is 7.99.